The van der Waals surface area contributed by atoms with Crippen molar-refractivity contribution in [3.63, 3.8) is 0 Å². The summed E-state index contributed by atoms with van der Waals surface area (Å²) < 4.78 is 0. The van der Waals surface area contributed by atoms with Gasteiger partial charge in [-0.05, 0) is 105 Å². The molecule has 3 aliphatic rings. The first kappa shape index (κ1) is 33.5. The Hall–Kier alpha value is -0.488. The van der Waals surface area contributed by atoms with Crippen LogP contribution in [0.15, 0.2) is 11.8 Å². The van der Waals surface area contributed by atoms with Crippen LogP contribution in [0.25, 0.3) is 0 Å². The Kier molecular flexibility index (Phi) is 19.4. The average molecular weight is 587 g/mol. The van der Waals surface area contributed by atoms with Crippen LogP contribution < -0.4 is 0 Å². The molecule has 0 bridgehead atoms. The largest absolute Gasteiger partial charge is 0.512 e. The Labute approximate surface area is 223 Å². The summed E-state index contributed by atoms with van der Waals surface area (Å²) in [6.07, 6.45) is 26.0. The average Bonchev–Trinajstić information content (AvgIpc) is 2.75. The first-order valence-corrected chi connectivity index (χ1v) is 15.0. The summed E-state index contributed by atoms with van der Waals surface area (Å²) >= 11 is 0. The summed E-state index contributed by atoms with van der Waals surface area (Å²) in [6, 6.07) is 0. The van der Waals surface area contributed by atoms with E-state index in [0.717, 1.165) is 6.42 Å². The third-order valence-electron chi connectivity index (χ3n) is 7.05. The zero-order valence-corrected chi connectivity index (χ0v) is 24.5. The van der Waals surface area contributed by atoms with Gasteiger partial charge in [-0.2, -0.15) is 0 Å². The van der Waals surface area contributed by atoms with Crippen LogP contribution in [-0.4, -0.2) is 39.4 Å². The van der Waals surface area contributed by atoms with Crippen LogP contribution in [0.3, 0.4) is 0 Å². The molecule has 0 heterocycles. The number of rotatable bonds is 6. The number of ketones is 3. The van der Waals surface area contributed by atoms with Gasteiger partial charge in [-0.3, -0.25) is 11.2 Å². The molecule has 0 saturated heterocycles. The molecule has 6 heteroatoms. The summed E-state index contributed by atoms with van der Waals surface area (Å²) in [5.41, 5.74) is 3.68. The van der Waals surface area contributed by atoms with Crippen molar-refractivity contribution in [3.8, 4) is 0 Å². The number of hydrogen-bond acceptors (Lipinski definition) is 4. The van der Waals surface area contributed by atoms with Gasteiger partial charge < -0.3 is 14.7 Å². The molecule has 0 aromatic rings. The van der Waals surface area contributed by atoms with Crippen LogP contribution in [0, 0.1) is 6.42 Å². The van der Waals surface area contributed by atoms with Crippen molar-refractivity contribution in [2.75, 3.05) is 0 Å². The third-order valence-corrected chi connectivity index (χ3v) is 11.6. The number of hydrogen-bond donors (Lipinski definition) is 1. The Balaban J connectivity index is 0.000000609. The van der Waals surface area contributed by atoms with Crippen molar-refractivity contribution in [2.24, 2.45) is 0 Å². The van der Waals surface area contributed by atoms with E-state index in [1.165, 1.54) is 50.7 Å². The van der Waals surface area contributed by atoms with Gasteiger partial charge in [0.15, 0.2) is 5.78 Å². The fourth-order valence-electron chi connectivity index (χ4n) is 5.89. The van der Waals surface area contributed by atoms with Gasteiger partial charge >= 0.3 is 0 Å². The normalized spacial score (nSPS) is 20.1. The second-order valence-corrected chi connectivity index (χ2v) is 13.7. The number of aliphatic hydroxyl groups is 1. The second-order valence-electron chi connectivity index (χ2n) is 10.3. The van der Waals surface area contributed by atoms with E-state index in [4.69, 9.17) is 5.11 Å². The van der Waals surface area contributed by atoms with Crippen molar-refractivity contribution in [3.05, 3.63) is 18.3 Å². The van der Waals surface area contributed by atoms with E-state index in [-0.39, 0.29) is 51.5 Å². The summed E-state index contributed by atoms with van der Waals surface area (Å²) in [6.45, 7) is 5.55. The van der Waals surface area contributed by atoms with Crippen molar-refractivity contribution in [1.29, 1.82) is 0 Å². The van der Waals surface area contributed by atoms with Gasteiger partial charge in [0.2, 0.25) is 0 Å². The van der Waals surface area contributed by atoms with E-state index in [9.17, 15) is 14.4 Å². The van der Waals surface area contributed by atoms with Crippen molar-refractivity contribution < 1.29 is 39.9 Å². The fraction of sp³-hybridized carbons (Fsp3) is 0.786. The summed E-state index contributed by atoms with van der Waals surface area (Å²) in [4.78, 5) is 30.0. The van der Waals surface area contributed by atoms with Crippen LogP contribution in [-0.2, 0) is 34.8 Å². The molecular formula is C28H49O4PPd. The maximum atomic E-state index is 10.0. The quantitative estimate of drug-likeness (QED) is 0.0868. The maximum absolute atomic E-state index is 10.0. The third kappa shape index (κ3) is 15.5. The number of carbonyl (C=O) groups is 3. The molecule has 0 amide bonds. The van der Waals surface area contributed by atoms with Gasteiger partial charge in [-0.25, -0.2) is 0 Å². The molecule has 0 spiro atoms. The van der Waals surface area contributed by atoms with E-state index in [1.807, 2.05) is 0 Å². The molecule has 0 aliphatic heterocycles. The van der Waals surface area contributed by atoms with Gasteiger partial charge in [-0.1, -0.05) is 19.3 Å². The van der Waals surface area contributed by atoms with Crippen LogP contribution in [0.4, 0.5) is 0 Å². The summed E-state index contributed by atoms with van der Waals surface area (Å²) in [5.74, 6) is -0.437. The molecule has 3 saturated carbocycles. The molecule has 0 atom stereocenters. The first-order chi connectivity index (χ1) is 15.7. The molecule has 0 aromatic carbocycles. The maximum Gasteiger partial charge on any atom is 0.155 e. The minimum absolute atomic E-state index is 0. The minimum atomic E-state index is -0.187. The molecule has 3 aliphatic carbocycles. The molecule has 0 radical (unpaired) electrons. The van der Waals surface area contributed by atoms with E-state index in [1.54, 1.807) is 96.3 Å². The molecule has 3 rings (SSSR count). The van der Waals surface area contributed by atoms with E-state index < -0.39 is 0 Å². The Morgan fingerprint density at radius 1 is 0.647 bits per heavy atom. The van der Waals surface area contributed by atoms with E-state index in [0.29, 0.717) is 0 Å². The van der Waals surface area contributed by atoms with E-state index >= 15 is 0 Å². The zero-order chi connectivity index (χ0) is 24.6. The molecule has 1 N–H and O–H groups in total. The summed E-state index contributed by atoms with van der Waals surface area (Å²) in [7, 11) is -0.0465. The fourth-order valence-corrected chi connectivity index (χ4v) is 11.1. The van der Waals surface area contributed by atoms with Crippen LogP contribution in [0.1, 0.15) is 124 Å². The zero-order valence-electron chi connectivity index (χ0n) is 22.0. The molecular weight excluding hydrogens is 538 g/mol. The molecule has 4 nitrogen and oxygen atoms in total. The van der Waals surface area contributed by atoms with Crippen molar-refractivity contribution in [1.82, 2.24) is 0 Å². The monoisotopic (exact) mass is 586 g/mol. The standard InChI is InChI=1S/C18H33P.C5H8O2.C5H7O2.Pd/c1-4-10-16(11-5-1)19(17-12-6-2-7-13-17)18-14-8-3-9-15-18;2*1-4(6)3-5(2)7;/h16-18H,1-15H2;3,6H,1-2H3;3H,1-2H3;/q;;-1;/p+1/b;4-3-;;. The Bertz CT molecular complexity index is 557. The van der Waals surface area contributed by atoms with Gasteiger partial charge in [-0.15, -0.1) is 0 Å². The molecule has 3 fully saturated rings. The molecule has 0 aromatic heterocycles. The molecule has 0 unspecified atom stereocenters. The van der Waals surface area contributed by atoms with Gasteiger partial charge in [0, 0.05) is 46.0 Å². The number of aliphatic hydroxyl groups excluding tert-OH is 1. The predicted molar refractivity (Wildman–Crippen MR) is 142 cm³/mol. The summed E-state index contributed by atoms with van der Waals surface area (Å²) in [5, 5.41) is 8.36. The predicted octanol–water partition coefficient (Wildman–Crippen LogP) is 7.60. The Morgan fingerprint density at radius 3 is 1.09 bits per heavy atom. The van der Waals surface area contributed by atoms with Gasteiger partial charge in [0.25, 0.3) is 0 Å². The van der Waals surface area contributed by atoms with Crippen LogP contribution in [0.5, 0.6) is 0 Å². The molecule has 200 valence electrons. The van der Waals surface area contributed by atoms with E-state index in [2.05, 4.69) is 0 Å². The van der Waals surface area contributed by atoms with Gasteiger partial charge in [0.05, 0.1) is 22.7 Å². The van der Waals surface area contributed by atoms with Crippen molar-refractivity contribution in [2.45, 2.75) is 141 Å². The van der Waals surface area contributed by atoms with Crippen LogP contribution in [0.2, 0.25) is 0 Å². The topological polar surface area (TPSA) is 71.4 Å². The number of allylic oxidation sites excluding steroid dienone is 2. The smallest absolute Gasteiger partial charge is 0.155 e. The second kappa shape index (κ2) is 19.7. The first-order valence-electron chi connectivity index (χ1n) is 13.3. The Morgan fingerprint density at radius 2 is 0.941 bits per heavy atom. The van der Waals surface area contributed by atoms with Crippen LogP contribution >= 0.6 is 7.92 Å². The minimum Gasteiger partial charge on any atom is -0.512 e. The van der Waals surface area contributed by atoms with Crippen molar-refractivity contribution >= 4 is 25.3 Å². The number of carbonyl (C=O) groups excluding carboxylic acids is 3. The molecule has 34 heavy (non-hydrogen) atoms. The van der Waals surface area contributed by atoms with Gasteiger partial charge in [0.1, 0.15) is 0 Å². The SMILES string of the molecule is C1CCC([PH+](C2CCCCC2)C2CCCCC2)CC1.CC(=O)/C=C(/C)O.CC(=O)[CH-]C(C)=O.[Pd]. The number of Topliss-reactive ketones (excluding diaryl/α,β-unsaturated/α-hetero) is 2.